The molecule has 1 N–H and O–H groups in total. The molecule has 1 aliphatic heterocycles. The quantitative estimate of drug-likeness (QED) is 0.823. The molecule has 1 saturated heterocycles. The summed E-state index contributed by atoms with van der Waals surface area (Å²) < 4.78 is 11.2. The number of rotatable bonds is 7. The minimum atomic E-state index is 0.0101. The van der Waals surface area contributed by atoms with Gasteiger partial charge in [0.05, 0.1) is 25.2 Å². The maximum atomic E-state index is 12.0. The molecule has 2 rings (SSSR count). The number of carbonyl (C=O) groups is 1. The molecule has 0 aromatic heterocycles. The lowest BCUT2D eigenvalue weighted by molar-refractivity contribution is -0.123. The average Bonchev–Trinajstić information content (AvgIpc) is 2.80. The summed E-state index contributed by atoms with van der Waals surface area (Å²) in [6, 6.07) is 9.60. The maximum absolute atomic E-state index is 12.0. The number of ether oxygens (including phenoxy) is 2. The highest BCUT2D eigenvalue weighted by Gasteiger charge is 2.32. The molecule has 0 aliphatic carbocycles. The third-order valence-electron chi connectivity index (χ3n) is 3.52. The molecule has 1 amide bonds. The molecule has 5 nitrogen and oxygen atoms in total. The Hall–Kier alpha value is -1.59. The van der Waals surface area contributed by atoms with Gasteiger partial charge in [0.2, 0.25) is 5.91 Å². The molecule has 0 bridgehead atoms. The van der Waals surface area contributed by atoms with Crippen LogP contribution in [0.15, 0.2) is 30.3 Å². The Morgan fingerprint density at radius 2 is 2.10 bits per heavy atom. The molecule has 0 saturated carbocycles. The van der Waals surface area contributed by atoms with E-state index >= 15 is 0 Å². The van der Waals surface area contributed by atoms with Crippen LogP contribution in [0.5, 0.6) is 5.75 Å². The Labute approximate surface area is 126 Å². The topological polar surface area (TPSA) is 50.8 Å². The van der Waals surface area contributed by atoms with Crippen molar-refractivity contribution in [2.45, 2.75) is 25.5 Å². The predicted octanol–water partition coefficient (Wildman–Crippen LogP) is 1.29. The number of para-hydroxylation sites is 1. The second kappa shape index (κ2) is 8.00. The summed E-state index contributed by atoms with van der Waals surface area (Å²) in [4.78, 5) is 14.2. The summed E-state index contributed by atoms with van der Waals surface area (Å²) in [7, 11) is 2.04. The number of likely N-dealkylation sites (tertiary alicyclic amines) is 1. The number of nitrogens with zero attached hydrogens (tertiary/aromatic N) is 1. The standard InChI is InChI=1S/C16H24N2O3/c1-3-20-15-12-18(2)11-14(15)17-16(19)9-10-21-13-7-5-4-6-8-13/h4-8,14-15H,3,9-12H2,1-2H3,(H,17,19)/t14-,15-/m0/s1. The van der Waals surface area contributed by atoms with Crippen LogP contribution in [0.1, 0.15) is 13.3 Å². The molecule has 1 aromatic carbocycles. The summed E-state index contributed by atoms with van der Waals surface area (Å²) >= 11 is 0. The van der Waals surface area contributed by atoms with Crippen LogP contribution in [0.3, 0.4) is 0 Å². The highest BCUT2D eigenvalue weighted by molar-refractivity contribution is 5.76. The predicted molar refractivity (Wildman–Crippen MR) is 81.4 cm³/mol. The Balaban J connectivity index is 1.71. The zero-order valence-electron chi connectivity index (χ0n) is 12.7. The average molecular weight is 292 g/mol. The molecule has 1 aromatic rings. The van der Waals surface area contributed by atoms with E-state index in [2.05, 4.69) is 10.2 Å². The Morgan fingerprint density at radius 1 is 1.33 bits per heavy atom. The zero-order chi connectivity index (χ0) is 15.1. The van der Waals surface area contributed by atoms with Crippen LogP contribution in [0.25, 0.3) is 0 Å². The molecule has 5 heteroatoms. The van der Waals surface area contributed by atoms with Crippen molar-refractivity contribution in [1.82, 2.24) is 10.2 Å². The lowest BCUT2D eigenvalue weighted by Crippen LogP contribution is -2.44. The van der Waals surface area contributed by atoms with Crippen molar-refractivity contribution in [3.8, 4) is 5.75 Å². The highest BCUT2D eigenvalue weighted by atomic mass is 16.5. The van der Waals surface area contributed by atoms with Gasteiger partial charge < -0.3 is 19.7 Å². The summed E-state index contributed by atoms with van der Waals surface area (Å²) in [5.74, 6) is 0.800. The number of amides is 1. The Morgan fingerprint density at radius 3 is 2.81 bits per heavy atom. The fourth-order valence-corrected chi connectivity index (χ4v) is 2.54. The number of likely N-dealkylation sites (N-methyl/N-ethyl adjacent to an activating group) is 1. The van der Waals surface area contributed by atoms with Gasteiger partial charge in [0.1, 0.15) is 5.75 Å². The van der Waals surface area contributed by atoms with Gasteiger partial charge in [-0.1, -0.05) is 18.2 Å². The Bertz CT molecular complexity index is 438. The van der Waals surface area contributed by atoms with Crippen LogP contribution in [0.4, 0.5) is 0 Å². The van der Waals surface area contributed by atoms with Gasteiger partial charge in [0.25, 0.3) is 0 Å². The lowest BCUT2D eigenvalue weighted by atomic mass is 10.2. The number of nitrogens with one attached hydrogen (secondary N) is 1. The van der Waals surface area contributed by atoms with Crippen LogP contribution in [0, 0.1) is 0 Å². The van der Waals surface area contributed by atoms with Crippen molar-refractivity contribution in [2.75, 3.05) is 33.4 Å². The van der Waals surface area contributed by atoms with Crippen LogP contribution in [0.2, 0.25) is 0 Å². The van der Waals surface area contributed by atoms with Gasteiger partial charge in [-0.15, -0.1) is 0 Å². The summed E-state index contributed by atoms with van der Waals surface area (Å²) in [5.41, 5.74) is 0. The van der Waals surface area contributed by atoms with E-state index in [1.807, 2.05) is 44.3 Å². The van der Waals surface area contributed by atoms with E-state index in [1.165, 1.54) is 0 Å². The van der Waals surface area contributed by atoms with Crippen molar-refractivity contribution in [3.63, 3.8) is 0 Å². The first kappa shape index (κ1) is 15.8. The van der Waals surface area contributed by atoms with Crippen molar-refractivity contribution in [3.05, 3.63) is 30.3 Å². The van der Waals surface area contributed by atoms with E-state index < -0.39 is 0 Å². The van der Waals surface area contributed by atoms with Gasteiger partial charge in [-0.2, -0.15) is 0 Å². The van der Waals surface area contributed by atoms with Crippen LogP contribution in [-0.2, 0) is 9.53 Å². The number of benzene rings is 1. The molecule has 0 spiro atoms. The van der Waals surface area contributed by atoms with Gasteiger partial charge in [-0.3, -0.25) is 4.79 Å². The van der Waals surface area contributed by atoms with Gasteiger partial charge in [0, 0.05) is 19.7 Å². The third-order valence-corrected chi connectivity index (χ3v) is 3.52. The van der Waals surface area contributed by atoms with Gasteiger partial charge in [-0.25, -0.2) is 0 Å². The van der Waals surface area contributed by atoms with E-state index in [0.29, 0.717) is 19.6 Å². The molecule has 0 radical (unpaired) electrons. The van der Waals surface area contributed by atoms with E-state index in [0.717, 1.165) is 18.8 Å². The summed E-state index contributed by atoms with van der Waals surface area (Å²) in [6.45, 7) is 4.72. The van der Waals surface area contributed by atoms with Crippen LogP contribution in [-0.4, -0.2) is 56.3 Å². The second-order valence-corrected chi connectivity index (χ2v) is 5.30. The number of carbonyl (C=O) groups excluding carboxylic acids is 1. The molecule has 0 unspecified atom stereocenters. The zero-order valence-corrected chi connectivity index (χ0v) is 12.7. The SMILES string of the molecule is CCO[C@H]1CN(C)C[C@@H]1NC(=O)CCOc1ccccc1. The second-order valence-electron chi connectivity index (χ2n) is 5.30. The summed E-state index contributed by atoms with van der Waals surface area (Å²) in [6.07, 6.45) is 0.438. The first-order valence-electron chi connectivity index (χ1n) is 7.46. The molecule has 1 aliphatic rings. The van der Waals surface area contributed by atoms with E-state index in [4.69, 9.17) is 9.47 Å². The lowest BCUT2D eigenvalue weighted by Gasteiger charge is -2.19. The minimum absolute atomic E-state index is 0.0101. The van der Waals surface area contributed by atoms with Gasteiger partial charge in [0.15, 0.2) is 0 Å². The molecule has 2 atom stereocenters. The van der Waals surface area contributed by atoms with Crippen molar-refractivity contribution in [2.24, 2.45) is 0 Å². The van der Waals surface area contributed by atoms with E-state index in [9.17, 15) is 4.79 Å². The van der Waals surface area contributed by atoms with Crippen molar-refractivity contribution in [1.29, 1.82) is 0 Å². The fourth-order valence-electron chi connectivity index (χ4n) is 2.54. The molecule has 116 valence electrons. The first-order chi connectivity index (χ1) is 10.2. The minimum Gasteiger partial charge on any atom is -0.493 e. The number of hydrogen-bond donors (Lipinski definition) is 1. The Kier molecular flexibility index (Phi) is 6.02. The largest absolute Gasteiger partial charge is 0.493 e. The normalized spacial score (nSPS) is 22.2. The smallest absolute Gasteiger partial charge is 0.223 e. The van der Waals surface area contributed by atoms with E-state index in [-0.39, 0.29) is 18.1 Å². The van der Waals surface area contributed by atoms with Gasteiger partial charge in [-0.05, 0) is 26.1 Å². The molecular formula is C16H24N2O3. The first-order valence-corrected chi connectivity index (χ1v) is 7.46. The summed E-state index contributed by atoms with van der Waals surface area (Å²) in [5, 5.41) is 3.04. The van der Waals surface area contributed by atoms with Crippen LogP contribution >= 0.6 is 0 Å². The molecular weight excluding hydrogens is 268 g/mol. The van der Waals surface area contributed by atoms with Crippen LogP contribution < -0.4 is 10.1 Å². The third kappa shape index (κ3) is 5.02. The van der Waals surface area contributed by atoms with E-state index in [1.54, 1.807) is 0 Å². The van der Waals surface area contributed by atoms with Gasteiger partial charge >= 0.3 is 0 Å². The molecule has 21 heavy (non-hydrogen) atoms. The van der Waals surface area contributed by atoms with Crippen molar-refractivity contribution >= 4 is 5.91 Å². The number of hydrogen-bond acceptors (Lipinski definition) is 4. The maximum Gasteiger partial charge on any atom is 0.223 e. The molecule has 1 heterocycles. The highest BCUT2D eigenvalue weighted by Crippen LogP contribution is 2.12. The van der Waals surface area contributed by atoms with Crippen molar-refractivity contribution < 1.29 is 14.3 Å². The molecule has 1 fully saturated rings. The monoisotopic (exact) mass is 292 g/mol. The fraction of sp³-hybridized carbons (Fsp3) is 0.562.